The maximum Gasteiger partial charge on any atom is 0.0934 e. The minimum Gasteiger partial charge on any atom is -0.472 e. The van der Waals surface area contributed by atoms with Gasteiger partial charge in [-0.25, -0.2) is 0 Å². The molecule has 1 heteroatoms. The van der Waals surface area contributed by atoms with Crippen molar-refractivity contribution in [3.05, 3.63) is 82.9 Å². The molecule has 1 aromatic heterocycles. The van der Waals surface area contributed by atoms with Crippen molar-refractivity contribution in [2.45, 2.75) is 92.4 Å². The molecule has 0 unspecified atom stereocenters. The summed E-state index contributed by atoms with van der Waals surface area (Å²) in [4.78, 5) is 0. The molecule has 0 N–H and O–H groups in total. The molecule has 0 aliphatic heterocycles. The summed E-state index contributed by atoms with van der Waals surface area (Å²) in [6, 6.07) is 2.05. The average molecular weight is 395 g/mol. The summed E-state index contributed by atoms with van der Waals surface area (Å²) in [5.74, 6) is 0. The molecule has 0 atom stereocenters. The summed E-state index contributed by atoms with van der Waals surface area (Å²) in [6.07, 6.45) is 27.8. The maximum absolute atomic E-state index is 5.11. The van der Waals surface area contributed by atoms with Crippen LogP contribution in [0.1, 0.15) is 91.5 Å². The van der Waals surface area contributed by atoms with E-state index >= 15 is 0 Å². The zero-order valence-corrected chi connectivity index (χ0v) is 19.5. The van der Waals surface area contributed by atoms with Crippen molar-refractivity contribution < 1.29 is 4.42 Å². The summed E-state index contributed by atoms with van der Waals surface area (Å²) < 4.78 is 5.11. The molecule has 29 heavy (non-hydrogen) atoms. The first-order chi connectivity index (χ1) is 14.0. The van der Waals surface area contributed by atoms with E-state index in [1.807, 2.05) is 12.3 Å². The van der Waals surface area contributed by atoms with E-state index in [0.717, 1.165) is 44.9 Å². The van der Waals surface area contributed by atoms with E-state index in [2.05, 4.69) is 71.1 Å². The van der Waals surface area contributed by atoms with Crippen LogP contribution in [0.25, 0.3) is 0 Å². The molecule has 0 bridgehead atoms. The molecule has 0 saturated carbocycles. The van der Waals surface area contributed by atoms with Crippen molar-refractivity contribution >= 4 is 0 Å². The van der Waals surface area contributed by atoms with Gasteiger partial charge in [-0.2, -0.15) is 0 Å². The molecule has 0 aliphatic carbocycles. The number of aryl methyl sites for hydroxylation is 1. The van der Waals surface area contributed by atoms with Crippen molar-refractivity contribution in [3.8, 4) is 0 Å². The Kier molecular flexibility index (Phi) is 13.7. The van der Waals surface area contributed by atoms with E-state index in [-0.39, 0.29) is 0 Å². The van der Waals surface area contributed by atoms with Gasteiger partial charge < -0.3 is 4.42 Å². The quantitative estimate of drug-likeness (QED) is 0.286. The predicted molar refractivity (Wildman–Crippen MR) is 129 cm³/mol. The number of hydrogen-bond acceptors (Lipinski definition) is 1. The predicted octanol–water partition coefficient (Wildman–Crippen LogP) is 9.30. The molecular weight excluding hydrogens is 352 g/mol. The topological polar surface area (TPSA) is 13.1 Å². The van der Waals surface area contributed by atoms with Gasteiger partial charge in [0.05, 0.1) is 12.5 Å². The van der Waals surface area contributed by atoms with Gasteiger partial charge in [-0.15, -0.1) is 0 Å². The highest BCUT2D eigenvalue weighted by molar-refractivity contribution is 5.10. The van der Waals surface area contributed by atoms with Gasteiger partial charge in [0.25, 0.3) is 0 Å². The van der Waals surface area contributed by atoms with Gasteiger partial charge in [-0.05, 0) is 104 Å². The lowest BCUT2D eigenvalue weighted by Crippen LogP contribution is -1.83. The van der Waals surface area contributed by atoms with Crippen LogP contribution in [0.15, 0.2) is 81.8 Å². The van der Waals surface area contributed by atoms with Gasteiger partial charge in [0.15, 0.2) is 0 Å². The lowest BCUT2D eigenvalue weighted by Gasteiger charge is -2.03. The highest BCUT2D eigenvalue weighted by Crippen LogP contribution is 2.15. The molecule has 1 rings (SSSR count). The molecule has 0 aliphatic rings. The molecular formula is C28H42O. The maximum atomic E-state index is 5.11. The van der Waals surface area contributed by atoms with Crippen molar-refractivity contribution in [1.29, 1.82) is 0 Å². The van der Waals surface area contributed by atoms with E-state index < -0.39 is 0 Å². The average Bonchev–Trinajstić information content (AvgIpc) is 3.20. The summed E-state index contributed by atoms with van der Waals surface area (Å²) >= 11 is 0. The van der Waals surface area contributed by atoms with Gasteiger partial charge in [0, 0.05) is 0 Å². The minimum atomic E-state index is 1.07. The minimum absolute atomic E-state index is 1.07. The van der Waals surface area contributed by atoms with Crippen LogP contribution in [0.4, 0.5) is 0 Å². The van der Waals surface area contributed by atoms with E-state index in [1.54, 1.807) is 6.26 Å². The summed E-state index contributed by atoms with van der Waals surface area (Å²) in [5.41, 5.74) is 7.28. The number of hydrogen-bond donors (Lipinski definition) is 0. The second-order valence-electron chi connectivity index (χ2n) is 8.26. The first-order valence-corrected chi connectivity index (χ1v) is 11.3. The summed E-state index contributed by atoms with van der Waals surface area (Å²) in [5, 5.41) is 0. The Morgan fingerprint density at radius 1 is 0.759 bits per heavy atom. The fraction of sp³-hybridized carbons (Fsp3) is 0.500. The highest BCUT2D eigenvalue weighted by atomic mass is 16.3. The van der Waals surface area contributed by atoms with Crippen molar-refractivity contribution in [3.63, 3.8) is 0 Å². The lowest BCUT2D eigenvalue weighted by molar-refractivity contribution is 0.564. The number of allylic oxidation sites excluding steroid dienone is 10. The fourth-order valence-corrected chi connectivity index (χ4v) is 3.25. The van der Waals surface area contributed by atoms with Crippen LogP contribution < -0.4 is 0 Å². The monoisotopic (exact) mass is 394 g/mol. The molecule has 1 heterocycles. The molecule has 0 spiro atoms. The van der Waals surface area contributed by atoms with Crippen LogP contribution in [-0.4, -0.2) is 0 Å². The zero-order valence-electron chi connectivity index (χ0n) is 19.5. The fourth-order valence-electron chi connectivity index (χ4n) is 3.25. The first-order valence-electron chi connectivity index (χ1n) is 11.3. The van der Waals surface area contributed by atoms with E-state index in [0.29, 0.717) is 0 Å². The Bertz CT molecular complexity index is 693. The van der Waals surface area contributed by atoms with E-state index in [9.17, 15) is 0 Å². The molecule has 160 valence electrons. The van der Waals surface area contributed by atoms with Crippen molar-refractivity contribution in [1.82, 2.24) is 0 Å². The van der Waals surface area contributed by atoms with Gasteiger partial charge in [0.1, 0.15) is 0 Å². The second kappa shape index (κ2) is 15.9. The Morgan fingerprint density at radius 3 is 1.76 bits per heavy atom. The van der Waals surface area contributed by atoms with Crippen molar-refractivity contribution in [2.24, 2.45) is 0 Å². The Morgan fingerprint density at radius 2 is 1.28 bits per heavy atom. The Balaban J connectivity index is 2.19. The molecule has 0 aromatic carbocycles. The zero-order chi connectivity index (χ0) is 21.3. The van der Waals surface area contributed by atoms with Crippen molar-refractivity contribution in [2.75, 3.05) is 0 Å². The molecule has 1 nitrogen and oxygen atoms in total. The normalized spacial score (nSPS) is 14.2. The SMILES string of the molecule is C/C=C/C/C(C)=C/CC/C(C)=C/CC/C(C)=C/CC/C(C)=C/CCc1ccoc1. The highest BCUT2D eigenvalue weighted by Gasteiger charge is 1.95. The third-order valence-corrected chi connectivity index (χ3v) is 5.28. The van der Waals surface area contributed by atoms with E-state index in [4.69, 9.17) is 4.42 Å². The van der Waals surface area contributed by atoms with Gasteiger partial charge in [-0.3, -0.25) is 0 Å². The Hall–Kier alpha value is -2.02. The van der Waals surface area contributed by atoms with Gasteiger partial charge in [-0.1, -0.05) is 58.7 Å². The third-order valence-electron chi connectivity index (χ3n) is 5.28. The van der Waals surface area contributed by atoms with E-state index in [1.165, 1.54) is 40.7 Å². The molecule has 0 radical (unpaired) electrons. The Labute approximate surface area is 180 Å². The van der Waals surface area contributed by atoms with Crippen LogP contribution in [0.3, 0.4) is 0 Å². The van der Waals surface area contributed by atoms with Gasteiger partial charge >= 0.3 is 0 Å². The molecule has 0 fully saturated rings. The summed E-state index contributed by atoms with van der Waals surface area (Å²) in [6.45, 7) is 11.1. The number of rotatable bonds is 14. The van der Waals surface area contributed by atoms with Crippen LogP contribution in [-0.2, 0) is 6.42 Å². The third kappa shape index (κ3) is 13.7. The van der Waals surface area contributed by atoms with Crippen LogP contribution in [0.2, 0.25) is 0 Å². The molecule has 0 saturated heterocycles. The van der Waals surface area contributed by atoms with Gasteiger partial charge in [0.2, 0.25) is 0 Å². The molecule has 0 amide bonds. The largest absolute Gasteiger partial charge is 0.472 e. The smallest absolute Gasteiger partial charge is 0.0934 e. The van der Waals surface area contributed by atoms with Crippen LogP contribution in [0, 0.1) is 0 Å². The molecule has 1 aromatic rings. The lowest BCUT2D eigenvalue weighted by atomic mass is 10.0. The summed E-state index contributed by atoms with van der Waals surface area (Å²) in [7, 11) is 0. The number of furan rings is 1. The second-order valence-corrected chi connectivity index (χ2v) is 8.26. The standard InChI is InChI=1S/C28H42O/c1-6-7-12-24(2)13-8-14-25(3)15-9-16-26(4)17-10-18-27(5)19-11-20-28-21-22-29-23-28/h6-7,13,15,17,19,21-23H,8-12,14,16,18,20H2,1-5H3/b7-6+,24-13+,25-15+,26-17+,27-19+. The van der Waals surface area contributed by atoms with Crippen LogP contribution >= 0.6 is 0 Å². The first kappa shape index (κ1) is 25.0. The van der Waals surface area contributed by atoms with Crippen LogP contribution in [0.5, 0.6) is 0 Å².